The average Bonchev–Trinajstić information content (AvgIpc) is 3.04. The molecule has 19 heavy (non-hydrogen) atoms. The summed E-state index contributed by atoms with van der Waals surface area (Å²) in [5.74, 6) is 2.51. The minimum atomic E-state index is 0.386. The molecule has 1 aromatic rings. The fraction of sp³-hybridized carbons (Fsp3) is 0.533. The van der Waals surface area contributed by atoms with E-state index in [9.17, 15) is 0 Å². The number of nitrogens with two attached hydrogens (primary N) is 1. The van der Waals surface area contributed by atoms with Crippen molar-refractivity contribution in [3.63, 3.8) is 0 Å². The average molecular weight is 278 g/mol. The molecular weight excluding hydrogens is 256 g/mol. The highest BCUT2D eigenvalue weighted by Crippen LogP contribution is 2.38. The van der Waals surface area contributed by atoms with E-state index < -0.39 is 0 Å². The van der Waals surface area contributed by atoms with Crippen LogP contribution in [-0.2, 0) is 6.54 Å². The van der Waals surface area contributed by atoms with Crippen LogP contribution in [0.15, 0.2) is 18.2 Å². The lowest BCUT2D eigenvalue weighted by molar-refractivity contribution is 0.307. The maximum Gasteiger partial charge on any atom is 0.129 e. The van der Waals surface area contributed by atoms with Crippen LogP contribution in [0, 0.1) is 11.8 Å². The number of hydrogen-bond donors (Lipinski definition) is 1. The largest absolute Gasteiger partial charge is 0.496 e. The fourth-order valence-corrected chi connectivity index (χ4v) is 2.64. The Balaban J connectivity index is 2.03. The standard InChI is InChI=1S/C15H22N2OS/c1-10-6-12(10)9-17(2)8-11-4-5-14(18-3)13(7-11)15(16)19/h4-5,7,10,12H,6,8-9H2,1-3H3,(H2,16,19). The van der Waals surface area contributed by atoms with Crippen LogP contribution >= 0.6 is 12.2 Å². The van der Waals surface area contributed by atoms with Crippen molar-refractivity contribution in [1.82, 2.24) is 4.90 Å². The van der Waals surface area contributed by atoms with E-state index in [2.05, 4.69) is 24.9 Å². The highest BCUT2D eigenvalue weighted by Gasteiger charge is 2.32. The van der Waals surface area contributed by atoms with Crippen LogP contribution in [0.1, 0.15) is 24.5 Å². The van der Waals surface area contributed by atoms with Crippen molar-refractivity contribution < 1.29 is 4.74 Å². The molecular formula is C15H22N2OS. The van der Waals surface area contributed by atoms with Gasteiger partial charge >= 0.3 is 0 Å². The lowest BCUT2D eigenvalue weighted by Gasteiger charge is -2.17. The van der Waals surface area contributed by atoms with Crippen LogP contribution in [0.4, 0.5) is 0 Å². The molecule has 4 heteroatoms. The molecule has 2 N–H and O–H groups in total. The van der Waals surface area contributed by atoms with E-state index in [1.807, 2.05) is 12.1 Å². The van der Waals surface area contributed by atoms with E-state index in [1.54, 1.807) is 7.11 Å². The van der Waals surface area contributed by atoms with Gasteiger partial charge in [-0.25, -0.2) is 0 Å². The van der Waals surface area contributed by atoms with Gasteiger partial charge in [0.05, 0.1) is 12.7 Å². The Bertz CT molecular complexity index is 475. The Labute approximate surface area is 120 Å². The van der Waals surface area contributed by atoms with Crippen molar-refractivity contribution in [2.75, 3.05) is 20.7 Å². The first-order chi connectivity index (χ1) is 9.01. The molecule has 2 rings (SSSR count). The zero-order valence-electron chi connectivity index (χ0n) is 11.8. The Morgan fingerprint density at radius 2 is 2.21 bits per heavy atom. The molecule has 1 fully saturated rings. The lowest BCUT2D eigenvalue weighted by atomic mass is 10.1. The lowest BCUT2D eigenvalue weighted by Crippen LogP contribution is -2.21. The predicted molar refractivity (Wildman–Crippen MR) is 82.5 cm³/mol. The minimum Gasteiger partial charge on any atom is -0.496 e. The summed E-state index contributed by atoms with van der Waals surface area (Å²) in [7, 11) is 3.80. The van der Waals surface area contributed by atoms with Gasteiger partial charge in [-0.2, -0.15) is 0 Å². The van der Waals surface area contributed by atoms with Gasteiger partial charge in [0.2, 0.25) is 0 Å². The molecule has 0 spiro atoms. The third-order valence-electron chi connectivity index (χ3n) is 3.80. The minimum absolute atomic E-state index is 0.386. The van der Waals surface area contributed by atoms with Crippen molar-refractivity contribution in [3.05, 3.63) is 29.3 Å². The molecule has 0 aromatic heterocycles. The second kappa shape index (κ2) is 5.88. The molecule has 104 valence electrons. The van der Waals surface area contributed by atoms with E-state index in [-0.39, 0.29) is 0 Å². The molecule has 0 heterocycles. The first kappa shape index (κ1) is 14.3. The normalized spacial score (nSPS) is 21.5. The predicted octanol–water partition coefficient (Wildman–Crippen LogP) is 2.42. The Morgan fingerprint density at radius 1 is 1.53 bits per heavy atom. The molecule has 1 saturated carbocycles. The van der Waals surface area contributed by atoms with E-state index in [0.29, 0.717) is 4.99 Å². The molecule has 3 nitrogen and oxygen atoms in total. The van der Waals surface area contributed by atoms with Gasteiger partial charge in [0.25, 0.3) is 0 Å². The zero-order chi connectivity index (χ0) is 14.0. The summed E-state index contributed by atoms with van der Waals surface area (Å²) >= 11 is 5.07. The summed E-state index contributed by atoms with van der Waals surface area (Å²) in [6.07, 6.45) is 1.37. The number of nitrogens with zero attached hydrogens (tertiary/aromatic N) is 1. The van der Waals surface area contributed by atoms with Gasteiger partial charge in [-0.1, -0.05) is 25.2 Å². The van der Waals surface area contributed by atoms with Gasteiger partial charge < -0.3 is 15.4 Å². The highest BCUT2D eigenvalue weighted by atomic mass is 32.1. The second-order valence-corrected chi connectivity index (χ2v) is 6.01. The molecule has 1 aromatic carbocycles. The monoisotopic (exact) mass is 278 g/mol. The van der Waals surface area contributed by atoms with Crippen LogP contribution in [0.5, 0.6) is 5.75 Å². The fourth-order valence-electron chi connectivity index (χ4n) is 2.48. The summed E-state index contributed by atoms with van der Waals surface area (Å²) in [5, 5.41) is 0. The molecule has 0 amide bonds. The molecule has 1 aliphatic rings. The van der Waals surface area contributed by atoms with Gasteiger partial charge in [0.15, 0.2) is 0 Å². The van der Waals surface area contributed by atoms with Crippen molar-refractivity contribution in [2.24, 2.45) is 17.6 Å². The molecule has 0 saturated heterocycles. The number of ether oxygens (including phenoxy) is 1. The molecule has 0 radical (unpaired) electrons. The van der Waals surface area contributed by atoms with Gasteiger partial charge in [0.1, 0.15) is 10.7 Å². The zero-order valence-corrected chi connectivity index (χ0v) is 12.7. The number of benzene rings is 1. The number of hydrogen-bond acceptors (Lipinski definition) is 3. The van der Waals surface area contributed by atoms with Crippen LogP contribution in [-0.4, -0.2) is 30.6 Å². The van der Waals surface area contributed by atoms with Crippen LogP contribution in [0.25, 0.3) is 0 Å². The summed E-state index contributed by atoms with van der Waals surface area (Å²) < 4.78 is 5.27. The van der Waals surface area contributed by atoms with Crippen LogP contribution in [0.3, 0.4) is 0 Å². The van der Waals surface area contributed by atoms with E-state index >= 15 is 0 Å². The molecule has 1 aliphatic carbocycles. The van der Waals surface area contributed by atoms with Crippen molar-refractivity contribution in [3.8, 4) is 5.75 Å². The van der Waals surface area contributed by atoms with E-state index in [4.69, 9.17) is 22.7 Å². The molecule has 0 bridgehead atoms. The second-order valence-electron chi connectivity index (χ2n) is 5.57. The summed E-state index contributed by atoms with van der Waals surface area (Å²) in [6.45, 7) is 4.40. The van der Waals surface area contributed by atoms with E-state index in [0.717, 1.165) is 36.2 Å². The summed E-state index contributed by atoms with van der Waals surface area (Å²) in [5.41, 5.74) is 7.78. The Hall–Kier alpha value is -1.13. The molecule has 2 atom stereocenters. The first-order valence-corrected chi connectivity index (χ1v) is 7.07. The van der Waals surface area contributed by atoms with Crippen molar-refractivity contribution >= 4 is 17.2 Å². The smallest absolute Gasteiger partial charge is 0.129 e. The first-order valence-electron chi connectivity index (χ1n) is 6.66. The Kier molecular flexibility index (Phi) is 4.42. The third kappa shape index (κ3) is 3.67. The maximum absolute atomic E-state index is 5.74. The number of rotatable bonds is 6. The third-order valence-corrected chi connectivity index (χ3v) is 4.02. The SMILES string of the molecule is COc1ccc(CN(C)CC2CC2C)cc1C(N)=S. The Morgan fingerprint density at radius 3 is 2.74 bits per heavy atom. The van der Waals surface area contributed by atoms with Gasteiger partial charge in [0, 0.05) is 13.1 Å². The van der Waals surface area contributed by atoms with Gasteiger partial charge in [-0.15, -0.1) is 0 Å². The van der Waals surface area contributed by atoms with Crippen LogP contribution in [0.2, 0.25) is 0 Å². The van der Waals surface area contributed by atoms with Gasteiger partial charge in [-0.05, 0) is 43.0 Å². The number of thiocarbonyl (C=S) groups is 1. The maximum atomic E-state index is 5.74. The summed E-state index contributed by atoms with van der Waals surface area (Å²) in [4.78, 5) is 2.75. The van der Waals surface area contributed by atoms with Crippen molar-refractivity contribution in [1.29, 1.82) is 0 Å². The van der Waals surface area contributed by atoms with Crippen LogP contribution < -0.4 is 10.5 Å². The number of methoxy groups -OCH3 is 1. The molecule has 2 unspecified atom stereocenters. The van der Waals surface area contributed by atoms with Gasteiger partial charge in [-0.3, -0.25) is 0 Å². The van der Waals surface area contributed by atoms with E-state index in [1.165, 1.54) is 12.0 Å². The summed E-state index contributed by atoms with van der Waals surface area (Å²) in [6, 6.07) is 6.05. The quantitative estimate of drug-likeness (QED) is 0.811. The van der Waals surface area contributed by atoms with Crippen molar-refractivity contribution in [2.45, 2.75) is 19.9 Å². The topological polar surface area (TPSA) is 38.5 Å². The highest BCUT2D eigenvalue weighted by molar-refractivity contribution is 7.80. The molecule has 0 aliphatic heterocycles.